The van der Waals surface area contributed by atoms with Gasteiger partial charge in [-0.05, 0) is 24.3 Å². The maximum absolute atomic E-state index is 11.3. The van der Waals surface area contributed by atoms with E-state index in [2.05, 4.69) is 11.8 Å². The van der Waals surface area contributed by atoms with Gasteiger partial charge in [-0.1, -0.05) is 11.8 Å². The molecular formula is C13H8O5. The highest BCUT2D eigenvalue weighted by Gasteiger charge is 2.11. The Morgan fingerprint density at radius 2 is 2.11 bits per heavy atom. The molecule has 18 heavy (non-hydrogen) atoms. The van der Waals surface area contributed by atoms with Crippen LogP contribution >= 0.6 is 0 Å². The van der Waals surface area contributed by atoms with E-state index >= 15 is 0 Å². The van der Waals surface area contributed by atoms with Crippen molar-refractivity contribution in [2.75, 3.05) is 6.61 Å². The van der Waals surface area contributed by atoms with E-state index in [1.54, 1.807) is 12.1 Å². The molecule has 0 aliphatic carbocycles. The highest BCUT2D eigenvalue weighted by molar-refractivity contribution is 5.91. The van der Waals surface area contributed by atoms with Crippen molar-refractivity contribution < 1.29 is 19.4 Å². The molecular weight excluding hydrogens is 236 g/mol. The number of benzene rings is 1. The second kappa shape index (κ2) is 4.73. The Hall–Kier alpha value is -2.58. The van der Waals surface area contributed by atoms with Crippen LogP contribution in [0.25, 0.3) is 11.0 Å². The van der Waals surface area contributed by atoms with Crippen LogP contribution < -0.4 is 5.63 Å². The third-order valence-corrected chi connectivity index (χ3v) is 2.27. The minimum atomic E-state index is -1.34. The monoisotopic (exact) mass is 244 g/mol. The second-order valence-electron chi connectivity index (χ2n) is 3.47. The number of hydrogen-bond acceptors (Lipinski definition) is 4. The zero-order valence-corrected chi connectivity index (χ0v) is 9.14. The summed E-state index contributed by atoms with van der Waals surface area (Å²) in [6.45, 7) is -0.262. The van der Waals surface area contributed by atoms with Gasteiger partial charge in [0.05, 0.1) is 0 Å². The van der Waals surface area contributed by atoms with Crippen molar-refractivity contribution in [2.24, 2.45) is 0 Å². The smallest absolute Gasteiger partial charge is 0.351 e. The lowest BCUT2D eigenvalue weighted by Gasteiger charge is -1.99. The summed E-state index contributed by atoms with van der Waals surface area (Å²) < 4.78 is 4.88. The van der Waals surface area contributed by atoms with E-state index in [1.165, 1.54) is 12.1 Å². The molecule has 0 aliphatic heterocycles. The van der Waals surface area contributed by atoms with Crippen molar-refractivity contribution in [1.82, 2.24) is 0 Å². The second-order valence-corrected chi connectivity index (χ2v) is 3.47. The van der Waals surface area contributed by atoms with E-state index in [1.807, 2.05) is 0 Å². The van der Waals surface area contributed by atoms with Crippen LogP contribution in [0.5, 0.6) is 0 Å². The van der Waals surface area contributed by atoms with E-state index < -0.39 is 17.2 Å². The fourth-order valence-corrected chi connectivity index (χ4v) is 1.49. The van der Waals surface area contributed by atoms with Crippen LogP contribution in [-0.4, -0.2) is 22.8 Å². The van der Waals surface area contributed by atoms with Gasteiger partial charge in [0.2, 0.25) is 0 Å². The number of aromatic carboxylic acids is 1. The number of rotatable bonds is 1. The van der Waals surface area contributed by atoms with Crippen LogP contribution in [0.1, 0.15) is 15.9 Å². The molecule has 1 aromatic carbocycles. The Morgan fingerprint density at radius 1 is 1.33 bits per heavy atom. The average molecular weight is 244 g/mol. The predicted octanol–water partition coefficient (Wildman–Crippen LogP) is 0.835. The molecule has 90 valence electrons. The van der Waals surface area contributed by atoms with Gasteiger partial charge < -0.3 is 14.6 Å². The number of aliphatic hydroxyl groups excluding tert-OH is 1. The van der Waals surface area contributed by atoms with Crippen molar-refractivity contribution in [3.8, 4) is 11.8 Å². The van der Waals surface area contributed by atoms with Gasteiger partial charge in [-0.2, -0.15) is 0 Å². The van der Waals surface area contributed by atoms with Crippen molar-refractivity contribution in [3.05, 3.63) is 45.8 Å². The van der Waals surface area contributed by atoms with Crippen LogP contribution in [0.3, 0.4) is 0 Å². The Labute approximate surface area is 101 Å². The average Bonchev–Trinajstić information content (AvgIpc) is 2.35. The third kappa shape index (κ3) is 2.24. The molecule has 0 amide bonds. The molecule has 0 radical (unpaired) electrons. The fraction of sp³-hybridized carbons (Fsp3) is 0.0769. The molecule has 0 saturated heterocycles. The van der Waals surface area contributed by atoms with Gasteiger partial charge in [0.25, 0.3) is 0 Å². The van der Waals surface area contributed by atoms with Crippen molar-refractivity contribution >= 4 is 16.9 Å². The van der Waals surface area contributed by atoms with Gasteiger partial charge in [-0.25, -0.2) is 9.59 Å². The standard InChI is InChI=1S/C13H8O5/c14-5-1-2-8-3-4-11-9(6-8)7-10(12(15)16)13(17)18-11/h3-4,6-7,14H,5H2,(H,15,16). The lowest BCUT2D eigenvalue weighted by atomic mass is 10.1. The molecule has 1 aromatic heterocycles. The molecule has 0 atom stereocenters. The number of fused-ring (bicyclic) bond motifs is 1. The van der Waals surface area contributed by atoms with Crippen molar-refractivity contribution in [1.29, 1.82) is 0 Å². The van der Waals surface area contributed by atoms with E-state index in [9.17, 15) is 9.59 Å². The van der Waals surface area contributed by atoms with Gasteiger partial charge in [-0.15, -0.1) is 0 Å². The van der Waals surface area contributed by atoms with Gasteiger partial charge in [0.1, 0.15) is 17.8 Å². The van der Waals surface area contributed by atoms with Gasteiger partial charge >= 0.3 is 11.6 Å². The highest BCUT2D eigenvalue weighted by atomic mass is 16.4. The van der Waals surface area contributed by atoms with Crippen molar-refractivity contribution in [2.45, 2.75) is 0 Å². The molecule has 0 fully saturated rings. The number of carboxylic acids is 1. The number of carboxylic acid groups (broad SMARTS) is 1. The minimum absolute atomic E-state index is 0.262. The van der Waals surface area contributed by atoms with Crippen LogP contribution in [0.15, 0.2) is 33.5 Å². The Kier molecular flexibility index (Phi) is 3.13. The van der Waals surface area contributed by atoms with Gasteiger partial charge in [0.15, 0.2) is 0 Å². The summed E-state index contributed by atoms with van der Waals surface area (Å²) in [5.41, 5.74) is -0.416. The van der Waals surface area contributed by atoms with Crippen LogP contribution in [0.2, 0.25) is 0 Å². The Balaban J connectivity index is 2.65. The first-order chi connectivity index (χ1) is 8.61. The molecule has 5 nitrogen and oxygen atoms in total. The van der Waals surface area contributed by atoms with Crippen LogP contribution in [0.4, 0.5) is 0 Å². The van der Waals surface area contributed by atoms with Gasteiger partial charge in [0, 0.05) is 10.9 Å². The zero-order valence-electron chi connectivity index (χ0n) is 9.14. The number of carbonyl (C=O) groups is 1. The summed E-state index contributed by atoms with van der Waals surface area (Å²) in [4.78, 5) is 22.1. The largest absolute Gasteiger partial charge is 0.477 e. The summed E-state index contributed by atoms with van der Waals surface area (Å²) in [5, 5.41) is 17.9. The number of aliphatic hydroxyl groups is 1. The van der Waals surface area contributed by atoms with E-state index in [0.29, 0.717) is 16.5 Å². The molecule has 0 saturated carbocycles. The summed E-state index contributed by atoms with van der Waals surface area (Å²) in [6, 6.07) is 5.99. The minimum Gasteiger partial charge on any atom is -0.477 e. The zero-order chi connectivity index (χ0) is 13.1. The third-order valence-electron chi connectivity index (χ3n) is 2.27. The summed E-state index contributed by atoms with van der Waals surface area (Å²) in [7, 11) is 0. The molecule has 0 bridgehead atoms. The number of hydrogen-bond donors (Lipinski definition) is 2. The first kappa shape index (κ1) is 11.9. The Bertz CT molecular complexity index is 730. The summed E-state index contributed by atoms with van der Waals surface area (Å²) in [5.74, 6) is 3.82. The van der Waals surface area contributed by atoms with Crippen LogP contribution in [-0.2, 0) is 0 Å². The molecule has 0 aliphatic rings. The normalized spacial score (nSPS) is 9.83. The van der Waals surface area contributed by atoms with E-state index in [0.717, 1.165) is 0 Å². The summed E-state index contributed by atoms with van der Waals surface area (Å²) in [6.07, 6.45) is 0. The topological polar surface area (TPSA) is 87.7 Å². The lowest BCUT2D eigenvalue weighted by Crippen LogP contribution is -2.12. The summed E-state index contributed by atoms with van der Waals surface area (Å²) >= 11 is 0. The molecule has 2 N–H and O–H groups in total. The van der Waals surface area contributed by atoms with Crippen molar-refractivity contribution in [3.63, 3.8) is 0 Å². The maximum Gasteiger partial charge on any atom is 0.351 e. The lowest BCUT2D eigenvalue weighted by molar-refractivity contribution is 0.0692. The first-order valence-electron chi connectivity index (χ1n) is 5.03. The first-order valence-corrected chi connectivity index (χ1v) is 5.03. The molecule has 5 heteroatoms. The fourth-order valence-electron chi connectivity index (χ4n) is 1.49. The highest BCUT2D eigenvalue weighted by Crippen LogP contribution is 2.15. The maximum atomic E-state index is 11.3. The quantitative estimate of drug-likeness (QED) is 0.573. The molecule has 2 rings (SSSR count). The SMILES string of the molecule is O=C(O)c1cc2cc(C#CCO)ccc2oc1=O. The molecule has 2 aromatic rings. The molecule has 0 spiro atoms. The van der Waals surface area contributed by atoms with Gasteiger partial charge in [-0.3, -0.25) is 0 Å². The molecule has 1 heterocycles. The van der Waals surface area contributed by atoms with Crippen LogP contribution in [0, 0.1) is 11.8 Å². The predicted molar refractivity (Wildman–Crippen MR) is 63.4 cm³/mol. The molecule has 0 unspecified atom stereocenters. The van der Waals surface area contributed by atoms with E-state index in [4.69, 9.17) is 14.6 Å². The van der Waals surface area contributed by atoms with E-state index in [-0.39, 0.29) is 6.61 Å². The Morgan fingerprint density at radius 3 is 2.78 bits per heavy atom.